The molecule has 1 amide bonds. The molecule has 24 heavy (non-hydrogen) atoms. The van der Waals surface area contributed by atoms with Gasteiger partial charge in [0.05, 0.1) is 5.75 Å². The Hall–Kier alpha value is -2.67. The normalized spacial score (nSPS) is 10.5. The molecular formula is C17H17N5OS. The Morgan fingerprint density at radius 3 is 2.96 bits per heavy atom. The summed E-state index contributed by atoms with van der Waals surface area (Å²) in [7, 11) is 0. The predicted molar refractivity (Wildman–Crippen MR) is 93.4 cm³/mol. The lowest BCUT2D eigenvalue weighted by Gasteiger charge is -2.05. The van der Waals surface area contributed by atoms with E-state index >= 15 is 0 Å². The monoisotopic (exact) mass is 339 g/mol. The molecule has 3 aromatic rings. The number of carbonyl (C=O) groups excluding carboxylic acids is 1. The maximum absolute atomic E-state index is 11.9. The molecule has 0 saturated heterocycles. The second kappa shape index (κ2) is 7.74. The second-order valence-corrected chi connectivity index (χ2v) is 6.18. The van der Waals surface area contributed by atoms with Crippen LogP contribution in [0.4, 0.5) is 0 Å². The second-order valence-electron chi connectivity index (χ2n) is 5.24. The van der Waals surface area contributed by atoms with E-state index in [2.05, 4.69) is 31.5 Å². The molecule has 0 atom stereocenters. The molecule has 0 saturated carbocycles. The molecule has 2 N–H and O–H groups in total. The topological polar surface area (TPSA) is 83.6 Å². The first-order valence-electron chi connectivity index (χ1n) is 7.49. The zero-order valence-corrected chi connectivity index (χ0v) is 14.0. The summed E-state index contributed by atoms with van der Waals surface area (Å²) in [5, 5.41) is 10.4. The Morgan fingerprint density at radius 1 is 1.25 bits per heavy atom. The standard InChI is InChI=1S/C17H17N5OS/c1-12-5-4-6-13(9-12)10-19-15(23)11-24-17-20-16(21-22-17)14-7-2-3-8-18-14/h2-9H,10-11H2,1H3,(H,19,23)(H,20,21,22). The summed E-state index contributed by atoms with van der Waals surface area (Å²) in [6, 6.07) is 13.6. The van der Waals surface area contributed by atoms with Crippen LogP contribution in [0, 0.1) is 6.92 Å². The fourth-order valence-electron chi connectivity index (χ4n) is 2.13. The molecule has 0 aliphatic carbocycles. The number of rotatable bonds is 6. The number of pyridine rings is 1. The number of nitrogens with zero attached hydrogens (tertiary/aromatic N) is 3. The number of H-pyrrole nitrogens is 1. The lowest BCUT2D eigenvalue weighted by molar-refractivity contribution is -0.118. The lowest BCUT2D eigenvalue weighted by atomic mass is 10.1. The minimum absolute atomic E-state index is 0.0503. The van der Waals surface area contributed by atoms with Gasteiger partial charge in [-0.3, -0.25) is 14.9 Å². The molecule has 0 aliphatic rings. The molecule has 2 heterocycles. The summed E-state index contributed by atoms with van der Waals surface area (Å²) in [4.78, 5) is 20.5. The fraction of sp³-hybridized carbons (Fsp3) is 0.176. The number of benzene rings is 1. The molecule has 0 unspecified atom stereocenters. The highest BCUT2D eigenvalue weighted by Gasteiger charge is 2.09. The summed E-state index contributed by atoms with van der Waals surface area (Å²) < 4.78 is 0. The first kappa shape index (κ1) is 16.2. The highest BCUT2D eigenvalue weighted by atomic mass is 32.2. The highest BCUT2D eigenvalue weighted by Crippen LogP contribution is 2.17. The van der Waals surface area contributed by atoms with Gasteiger partial charge in [-0.15, -0.1) is 5.10 Å². The molecule has 0 bridgehead atoms. The van der Waals surface area contributed by atoms with E-state index in [4.69, 9.17) is 0 Å². The third kappa shape index (κ3) is 4.42. The zero-order chi connectivity index (χ0) is 16.8. The van der Waals surface area contributed by atoms with Gasteiger partial charge in [0.2, 0.25) is 11.1 Å². The number of aromatic nitrogens is 4. The van der Waals surface area contributed by atoms with Crippen LogP contribution in [0.2, 0.25) is 0 Å². The van der Waals surface area contributed by atoms with Crippen LogP contribution in [-0.4, -0.2) is 31.8 Å². The smallest absolute Gasteiger partial charge is 0.230 e. The van der Waals surface area contributed by atoms with Gasteiger partial charge in [-0.05, 0) is 24.6 Å². The van der Waals surface area contributed by atoms with Crippen molar-refractivity contribution >= 4 is 17.7 Å². The van der Waals surface area contributed by atoms with E-state index in [-0.39, 0.29) is 11.7 Å². The first-order chi connectivity index (χ1) is 11.7. The Morgan fingerprint density at radius 2 is 2.17 bits per heavy atom. The van der Waals surface area contributed by atoms with Crippen LogP contribution in [-0.2, 0) is 11.3 Å². The van der Waals surface area contributed by atoms with Crippen molar-refractivity contribution < 1.29 is 4.79 Å². The summed E-state index contributed by atoms with van der Waals surface area (Å²) in [5.74, 6) is 0.815. The number of aryl methyl sites for hydroxylation is 1. The molecular weight excluding hydrogens is 322 g/mol. The largest absolute Gasteiger partial charge is 0.351 e. The van der Waals surface area contributed by atoms with Crippen molar-refractivity contribution in [2.45, 2.75) is 18.6 Å². The summed E-state index contributed by atoms with van der Waals surface area (Å²) >= 11 is 1.29. The van der Waals surface area contributed by atoms with Gasteiger partial charge < -0.3 is 5.32 Å². The van der Waals surface area contributed by atoms with E-state index in [1.165, 1.54) is 17.3 Å². The minimum atomic E-state index is -0.0503. The van der Waals surface area contributed by atoms with Crippen LogP contribution in [0.5, 0.6) is 0 Å². The minimum Gasteiger partial charge on any atom is -0.351 e. The quantitative estimate of drug-likeness (QED) is 0.675. The molecule has 2 aromatic heterocycles. The first-order valence-corrected chi connectivity index (χ1v) is 8.48. The van der Waals surface area contributed by atoms with Gasteiger partial charge in [0.15, 0.2) is 5.82 Å². The number of nitrogens with one attached hydrogen (secondary N) is 2. The maximum atomic E-state index is 11.9. The molecule has 0 spiro atoms. The Bertz CT molecular complexity index is 819. The summed E-state index contributed by atoms with van der Waals surface area (Å²) in [6.07, 6.45) is 1.70. The zero-order valence-electron chi connectivity index (χ0n) is 13.2. The number of hydrogen-bond donors (Lipinski definition) is 2. The number of carbonyl (C=O) groups is 1. The molecule has 0 fully saturated rings. The average molecular weight is 339 g/mol. The molecule has 0 radical (unpaired) electrons. The number of amides is 1. The highest BCUT2D eigenvalue weighted by molar-refractivity contribution is 7.99. The van der Waals surface area contributed by atoms with E-state index < -0.39 is 0 Å². The van der Waals surface area contributed by atoms with E-state index in [1.807, 2.05) is 43.3 Å². The Kier molecular flexibility index (Phi) is 5.22. The van der Waals surface area contributed by atoms with Crippen LogP contribution >= 0.6 is 11.8 Å². The number of hydrogen-bond acceptors (Lipinski definition) is 5. The van der Waals surface area contributed by atoms with Crippen molar-refractivity contribution in [2.24, 2.45) is 0 Å². The number of thioether (sulfide) groups is 1. The molecule has 6 nitrogen and oxygen atoms in total. The van der Waals surface area contributed by atoms with E-state index in [1.54, 1.807) is 6.20 Å². The van der Waals surface area contributed by atoms with Crippen molar-refractivity contribution in [3.05, 3.63) is 59.8 Å². The third-order valence-corrected chi connectivity index (χ3v) is 4.12. The van der Waals surface area contributed by atoms with Crippen LogP contribution in [0.25, 0.3) is 11.5 Å². The Labute approximate surface area is 144 Å². The molecule has 1 aromatic carbocycles. The average Bonchev–Trinajstić information content (AvgIpc) is 3.08. The van der Waals surface area contributed by atoms with E-state index in [9.17, 15) is 4.79 Å². The van der Waals surface area contributed by atoms with Crippen LogP contribution in [0.15, 0.2) is 53.8 Å². The van der Waals surface area contributed by atoms with Crippen LogP contribution in [0.3, 0.4) is 0 Å². The predicted octanol–water partition coefficient (Wildman–Crippen LogP) is 2.58. The van der Waals surface area contributed by atoms with Gasteiger partial charge in [0.1, 0.15) is 5.69 Å². The third-order valence-electron chi connectivity index (χ3n) is 3.28. The van der Waals surface area contributed by atoms with Crippen molar-refractivity contribution in [1.82, 2.24) is 25.5 Å². The van der Waals surface area contributed by atoms with Gasteiger partial charge in [0.25, 0.3) is 0 Å². The molecule has 3 rings (SSSR count). The SMILES string of the molecule is Cc1cccc(CNC(=O)CSc2n[nH]c(-c3ccccn3)n2)c1. The van der Waals surface area contributed by atoms with Crippen molar-refractivity contribution in [3.63, 3.8) is 0 Å². The van der Waals surface area contributed by atoms with E-state index in [0.29, 0.717) is 17.5 Å². The van der Waals surface area contributed by atoms with Crippen molar-refractivity contribution in [2.75, 3.05) is 5.75 Å². The summed E-state index contributed by atoms with van der Waals surface area (Å²) in [5.41, 5.74) is 2.99. The molecule has 0 aliphatic heterocycles. The summed E-state index contributed by atoms with van der Waals surface area (Å²) in [6.45, 7) is 2.55. The van der Waals surface area contributed by atoms with Gasteiger partial charge in [-0.1, -0.05) is 47.7 Å². The van der Waals surface area contributed by atoms with Crippen LogP contribution in [0.1, 0.15) is 11.1 Å². The van der Waals surface area contributed by atoms with Crippen molar-refractivity contribution in [3.8, 4) is 11.5 Å². The molecule has 122 valence electrons. The lowest BCUT2D eigenvalue weighted by Crippen LogP contribution is -2.24. The van der Waals surface area contributed by atoms with Crippen LogP contribution < -0.4 is 5.32 Å². The van der Waals surface area contributed by atoms with Gasteiger partial charge in [-0.2, -0.15) is 4.98 Å². The Balaban J connectivity index is 1.49. The fourth-order valence-corrected chi connectivity index (χ4v) is 2.76. The number of aromatic amines is 1. The molecule has 7 heteroatoms. The van der Waals surface area contributed by atoms with E-state index in [0.717, 1.165) is 11.3 Å². The van der Waals surface area contributed by atoms with Gasteiger partial charge in [0, 0.05) is 12.7 Å². The van der Waals surface area contributed by atoms with Crippen molar-refractivity contribution in [1.29, 1.82) is 0 Å². The van der Waals surface area contributed by atoms with Gasteiger partial charge in [-0.25, -0.2) is 0 Å². The maximum Gasteiger partial charge on any atom is 0.230 e. The van der Waals surface area contributed by atoms with Gasteiger partial charge >= 0.3 is 0 Å².